The van der Waals surface area contributed by atoms with Gasteiger partial charge in [0.2, 0.25) is 22.7 Å². The summed E-state index contributed by atoms with van der Waals surface area (Å²) in [5, 5.41) is 2.87. The molecular formula is C20H21BrN2O5S. The minimum Gasteiger partial charge on any atom is -0.454 e. The van der Waals surface area contributed by atoms with Crippen LogP contribution in [0.3, 0.4) is 0 Å². The number of rotatable bonds is 5. The van der Waals surface area contributed by atoms with E-state index in [1.54, 1.807) is 30.3 Å². The summed E-state index contributed by atoms with van der Waals surface area (Å²) in [4.78, 5) is 13.1. The quantitative estimate of drug-likeness (QED) is 0.710. The molecule has 0 radical (unpaired) electrons. The number of nitrogens with one attached hydrogen (secondary N) is 1. The minimum atomic E-state index is -3.75. The van der Waals surface area contributed by atoms with Crippen LogP contribution in [0.5, 0.6) is 11.5 Å². The molecule has 7 nitrogen and oxygen atoms in total. The van der Waals surface area contributed by atoms with Gasteiger partial charge in [0.1, 0.15) is 6.04 Å². The number of hydrogen-bond donors (Lipinski definition) is 1. The van der Waals surface area contributed by atoms with Gasteiger partial charge in [-0.15, -0.1) is 0 Å². The lowest BCUT2D eigenvalue weighted by Gasteiger charge is -2.33. The number of carbonyl (C=O) groups excluding carboxylic acids is 1. The Morgan fingerprint density at radius 2 is 1.86 bits per heavy atom. The van der Waals surface area contributed by atoms with Crippen LogP contribution in [0, 0.1) is 0 Å². The van der Waals surface area contributed by atoms with E-state index in [1.165, 1.54) is 4.31 Å². The predicted octanol–water partition coefficient (Wildman–Crippen LogP) is 3.04. The highest BCUT2D eigenvalue weighted by Gasteiger charge is 2.37. The van der Waals surface area contributed by atoms with Gasteiger partial charge in [0, 0.05) is 17.6 Å². The second-order valence-corrected chi connectivity index (χ2v) is 9.79. The third-order valence-electron chi connectivity index (χ3n) is 5.08. The Labute approximate surface area is 178 Å². The Balaban J connectivity index is 1.48. The highest BCUT2D eigenvalue weighted by Crippen LogP contribution is 2.32. The van der Waals surface area contributed by atoms with E-state index in [0.717, 1.165) is 22.9 Å². The van der Waals surface area contributed by atoms with Crippen molar-refractivity contribution in [2.45, 2.75) is 36.7 Å². The lowest BCUT2D eigenvalue weighted by atomic mass is 10.0. The smallest absolute Gasteiger partial charge is 0.243 e. The highest BCUT2D eigenvalue weighted by atomic mass is 79.9. The Hall–Kier alpha value is -2.10. The van der Waals surface area contributed by atoms with Crippen molar-refractivity contribution in [3.05, 3.63) is 52.5 Å². The molecule has 1 N–H and O–H groups in total. The number of fused-ring (bicyclic) bond motifs is 1. The first-order chi connectivity index (χ1) is 13.9. The molecule has 1 atom stereocenters. The van der Waals surface area contributed by atoms with Crippen LogP contribution in [-0.4, -0.2) is 38.0 Å². The minimum absolute atomic E-state index is 0.191. The first kappa shape index (κ1) is 20.2. The number of nitrogens with zero attached hydrogens (tertiary/aromatic N) is 1. The molecule has 1 amide bonds. The van der Waals surface area contributed by atoms with Gasteiger partial charge in [0.25, 0.3) is 0 Å². The topological polar surface area (TPSA) is 84.9 Å². The standard InChI is InChI=1S/C20H21BrN2O5S/c21-15-5-7-16(8-6-15)29(25,26)23-10-2-1-3-17(23)20(24)22-12-14-4-9-18-19(11-14)28-13-27-18/h4-9,11,17H,1-3,10,12-13H2,(H,22,24). The molecule has 154 valence electrons. The Bertz CT molecular complexity index is 1010. The number of piperidine rings is 1. The highest BCUT2D eigenvalue weighted by molar-refractivity contribution is 9.10. The molecule has 0 spiro atoms. The van der Waals surface area contributed by atoms with Gasteiger partial charge in [0.05, 0.1) is 4.90 Å². The third-order valence-corrected chi connectivity index (χ3v) is 7.53. The number of amides is 1. The summed E-state index contributed by atoms with van der Waals surface area (Å²) in [5.41, 5.74) is 0.862. The second-order valence-electron chi connectivity index (χ2n) is 6.99. The van der Waals surface area contributed by atoms with Gasteiger partial charge in [-0.2, -0.15) is 4.31 Å². The molecule has 9 heteroatoms. The van der Waals surface area contributed by atoms with E-state index < -0.39 is 16.1 Å². The zero-order chi connectivity index (χ0) is 20.4. The fraction of sp³-hybridized carbons (Fsp3) is 0.350. The Morgan fingerprint density at radius 1 is 1.10 bits per heavy atom. The van der Waals surface area contributed by atoms with Crippen molar-refractivity contribution >= 4 is 31.9 Å². The van der Waals surface area contributed by atoms with Crippen LogP contribution in [0.1, 0.15) is 24.8 Å². The summed E-state index contributed by atoms with van der Waals surface area (Å²) in [5.74, 6) is 1.04. The molecule has 1 unspecified atom stereocenters. The third kappa shape index (κ3) is 4.26. The Kier molecular flexibility index (Phi) is 5.80. The number of benzene rings is 2. The van der Waals surface area contributed by atoms with E-state index in [0.29, 0.717) is 24.5 Å². The van der Waals surface area contributed by atoms with E-state index in [2.05, 4.69) is 21.2 Å². The molecule has 0 bridgehead atoms. The summed E-state index contributed by atoms with van der Waals surface area (Å²) in [6.07, 6.45) is 2.05. The van der Waals surface area contributed by atoms with E-state index in [9.17, 15) is 13.2 Å². The zero-order valence-electron chi connectivity index (χ0n) is 15.6. The van der Waals surface area contributed by atoms with E-state index in [-0.39, 0.29) is 24.1 Å². The molecular weight excluding hydrogens is 460 g/mol. The summed E-state index contributed by atoms with van der Waals surface area (Å²) in [6.45, 7) is 0.814. The van der Waals surface area contributed by atoms with Crippen LogP contribution in [0.4, 0.5) is 0 Å². The Morgan fingerprint density at radius 3 is 2.66 bits per heavy atom. The fourth-order valence-corrected chi connectivity index (χ4v) is 5.48. The van der Waals surface area contributed by atoms with Crippen LogP contribution in [0.25, 0.3) is 0 Å². The fourth-order valence-electron chi connectivity index (χ4n) is 3.55. The molecule has 1 saturated heterocycles. The average molecular weight is 481 g/mol. The normalized spacial score (nSPS) is 19.1. The average Bonchev–Trinajstić information content (AvgIpc) is 3.20. The van der Waals surface area contributed by atoms with Gasteiger partial charge in [0.15, 0.2) is 11.5 Å². The summed E-state index contributed by atoms with van der Waals surface area (Å²) in [6, 6.07) is 11.2. The lowest BCUT2D eigenvalue weighted by Crippen LogP contribution is -2.51. The molecule has 0 aromatic heterocycles. The second kappa shape index (κ2) is 8.33. The molecule has 0 saturated carbocycles. The molecule has 2 aliphatic heterocycles. The van der Waals surface area contributed by atoms with E-state index >= 15 is 0 Å². The van der Waals surface area contributed by atoms with Crippen molar-refractivity contribution in [2.24, 2.45) is 0 Å². The number of hydrogen-bond acceptors (Lipinski definition) is 5. The van der Waals surface area contributed by atoms with Crippen LogP contribution in [0.2, 0.25) is 0 Å². The molecule has 29 heavy (non-hydrogen) atoms. The van der Waals surface area contributed by atoms with E-state index in [4.69, 9.17) is 9.47 Å². The zero-order valence-corrected chi connectivity index (χ0v) is 18.0. The molecule has 2 aromatic carbocycles. The van der Waals surface area contributed by atoms with Crippen LogP contribution >= 0.6 is 15.9 Å². The maximum atomic E-state index is 13.1. The van der Waals surface area contributed by atoms with Crippen molar-refractivity contribution in [3.63, 3.8) is 0 Å². The lowest BCUT2D eigenvalue weighted by molar-refractivity contribution is -0.125. The molecule has 4 rings (SSSR count). The van der Waals surface area contributed by atoms with Gasteiger partial charge in [-0.3, -0.25) is 4.79 Å². The SMILES string of the molecule is O=C(NCc1ccc2c(c1)OCO2)C1CCCCN1S(=O)(=O)c1ccc(Br)cc1. The van der Waals surface area contributed by atoms with Gasteiger partial charge in [-0.25, -0.2) is 8.42 Å². The van der Waals surface area contributed by atoms with Crippen molar-refractivity contribution in [2.75, 3.05) is 13.3 Å². The van der Waals surface area contributed by atoms with Gasteiger partial charge in [-0.1, -0.05) is 28.4 Å². The maximum absolute atomic E-state index is 13.1. The summed E-state index contributed by atoms with van der Waals surface area (Å²) < 4.78 is 39.0. The summed E-state index contributed by atoms with van der Waals surface area (Å²) in [7, 11) is -3.75. The number of sulfonamides is 1. The van der Waals surface area contributed by atoms with Gasteiger partial charge in [-0.05, 0) is 54.8 Å². The summed E-state index contributed by atoms with van der Waals surface area (Å²) >= 11 is 3.32. The predicted molar refractivity (Wildman–Crippen MR) is 110 cm³/mol. The van der Waals surface area contributed by atoms with Crippen molar-refractivity contribution in [1.82, 2.24) is 9.62 Å². The maximum Gasteiger partial charge on any atom is 0.243 e. The van der Waals surface area contributed by atoms with Crippen LogP contribution < -0.4 is 14.8 Å². The number of ether oxygens (including phenoxy) is 2. The molecule has 1 fully saturated rings. The molecule has 2 heterocycles. The monoisotopic (exact) mass is 480 g/mol. The first-order valence-electron chi connectivity index (χ1n) is 9.39. The van der Waals surface area contributed by atoms with Crippen molar-refractivity contribution in [3.8, 4) is 11.5 Å². The van der Waals surface area contributed by atoms with Gasteiger partial charge < -0.3 is 14.8 Å². The number of carbonyl (C=O) groups is 1. The molecule has 0 aliphatic carbocycles. The largest absolute Gasteiger partial charge is 0.454 e. The van der Waals surface area contributed by atoms with Crippen LogP contribution in [-0.2, 0) is 21.4 Å². The number of halogens is 1. The van der Waals surface area contributed by atoms with Crippen LogP contribution in [0.15, 0.2) is 51.8 Å². The van der Waals surface area contributed by atoms with Crippen molar-refractivity contribution < 1.29 is 22.7 Å². The van der Waals surface area contributed by atoms with E-state index in [1.807, 2.05) is 12.1 Å². The first-order valence-corrected chi connectivity index (χ1v) is 11.6. The van der Waals surface area contributed by atoms with Crippen molar-refractivity contribution in [1.29, 1.82) is 0 Å². The van der Waals surface area contributed by atoms with Gasteiger partial charge >= 0.3 is 0 Å². The molecule has 2 aliphatic rings. The molecule has 2 aromatic rings.